The van der Waals surface area contributed by atoms with Gasteiger partial charge in [0, 0.05) is 12.1 Å². The normalized spacial score (nSPS) is 11.9. The van der Waals surface area contributed by atoms with Gasteiger partial charge in [-0.25, -0.2) is 8.78 Å². The number of anilines is 1. The average molecular weight is 257 g/mol. The molecule has 0 fully saturated rings. The van der Waals surface area contributed by atoms with E-state index in [2.05, 4.69) is 0 Å². The lowest BCUT2D eigenvalue weighted by Crippen LogP contribution is -2.27. The van der Waals surface area contributed by atoms with E-state index in [1.165, 1.54) is 0 Å². The molecule has 1 aromatic carbocycles. The van der Waals surface area contributed by atoms with Crippen LogP contribution in [0.1, 0.15) is 31.4 Å². The number of nitrogens with two attached hydrogens (primary N) is 1. The van der Waals surface area contributed by atoms with Crippen molar-refractivity contribution in [3.63, 3.8) is 0 Å². The molecule has 18 heavy (non-hydrogen) atoms. The number of halogens is 2. The minimum atomic E-state index is -2.80. The van der Waals surface area contributed by atoms with Crippen LogP contribution in [0.3, 0.4) is 0 Å². The van der Waals surface area contributed by atoms with E-state index in [1.54, 1.807) is 32.9 Å². The first kappa shape index (κ1) is 14.7. The van der Waals surface area contributed by atoms with Crippen molar-refractivity contribution in [1.82, 2.24) is 0 Å². The van der Waals surface area contributed by atoms with Crippen molar-refractivity contribution in [2.45, 2.75) is 40.0 Å². The number of ether oxygens (including phenoxy) is 1. The Morgan fingerprint density at radius 3 is 2.39 bits per heavy atom. The second-order valence-electron chi connectivity index (χ2n) is 5.22. The third-order valence-electron chi connectivity index (χ3n) is 2.71. The molecule has 0 bridgehead atoms. The SMILES string of the molecule is Cc1cc(OCC(F)(F)CC(C)C)c(C)cc1N. The molecule has 0 aliphatic carbocycles. The summed E-state index contributed by atoms with van der Waals surface area (Å²) in [6.07, 6.45) is -0.167. The summed E-state index contributed by atoms with van der Waals surface area (Å²) in [5, 5.41) is 0. The van der Waals surface area contributed by atoms with E-state index in [1.807, 2.05) is 6.92 Å². The van der Waals surface area contributed by atoms with E-state index >= 15 is 0 Å². The van der Waals surface area contributed by atoms with Gasteiger partial charge in [0.25, 0.3) is 5.92 Å². The van der Waals surface area contributed by atoms with Gasteiger partial charge in [-0.15, -0.1) is 0 Å². The molecule has 0 saturated carbocycles. The standard InChI is InChI=1S/C14H21F2NO/c1-9(2)7-14(15,16)8-18-13-6-10(3)12(17)5-11(13)4/h5-6,9H,7-8,17H2,1-4H3. The van der Waals surface area contributed by atoms with Crippen LogP contribution in [0, 0.1) is 19.8 Å². The fraction of sp³-hybridized carbons (Fsp3) is 0.571. The van der Waals surface area contributed by atoms with Gasteiger partial charge in [-0.2, -0.15) is 0 Å². The summed E-state index contributed by atoms with van der Waals surface area (Å²) in [7, 11) is 0. The highest BCUT2D eigenvalue weighted by Crippen LogP contribution is 2.28. The average Bonchev–Trinajstić information content (AvgIpc) is 2.19. The summed E-state index contributed by atoms with van der Waals surface area (Å²) in [5.41, 5.74) is 7.99. The summed E-state index contributed by atoms with van der Waals surface area (Å²) < 4.78 is 32.3. The summed E-state index contributed by atoms with van der Waals surface area (Å²) in [6, 6.07) is 3.45. The van der Waals surface area contributed by atoms with Gasteiger partial charge in [-0.05, 0) is 43.0 Å². The predicted octanol–water partition coefficient (Wildman–Crippen LogP) is 3.95. The highest BCUT2D eigenvalue weighted by atomic mass is 19.3. The van der Waals surface area contributed by atoms with E-state index < -0.39 is 12.5 Å². The Kier molecular flexibility index (Phi) is 4.54. The van der Waals surface area contributed by atoms with Gasteiger partial charge >= 0.3 is 0 Å². The quantitative estimate of drug-likeness (QED) is 0.811. The Hall–Kier alpha value is -1.32. The Balaban J connectivity index is 2.72. The number of benzene rings is 1. The van der Waals surface area contributed by atoms with Gasteiger partial charge in [-0.1, -0.05) is 13.8 Å². The molecule has 0 saturated heterocycles. The molecule has 0 aromatic heterocycles. The zero-order valence-corrected chi connectivity index (χ0v) is 11.4. The molecule has 0 aliphatic heterocycles. The first-order chi connectivity index (χ1) is 8.21. The third kappa shape index (κ3) is 4.17. The molecule has 102 valence electrons. The van der Waals surface area contributed by atoms with Gasteiger partial charge in [0.05, 0.1) is 0 Å². The van der Waals surface area contributed by atoms with E-state index in [0.717, 1.165) is 11.1 Å². The maximum absolute atomic E-state index is 13.5. The number of alkyl halides is 2. The van der Waals surface area contributed by atoms with Crippen LogP contribution in [-0.2, 0) is 0 Å². The van der Waals surface area contributed by atoms with Crippen molar-refractivity contribution < 1.29 is 13.5 Å². The van der Waals surface area contributed by atoms with E-state index in [0.29, 0.717) is 11.4 Å². The Labute approximate surface area is 107 Å². The number of nitrogen functional groups attached to an aromatic ring is 1. The molecule has 2 N–H and O–H groups in total. The van der Waals surface area contributed by atoms with E-state index in [-0.39, 0.29) is 12.3 Å². The van der Waals surface area contributed by atoms with Crippen molar-refractivity contribution in [3.05, 3.63) is 23.3 Å². The van der Waals surface area contributed by atoms with Crippen molar-refractivity contribution in [1.29, 1.82) is 0 Å². The Bertz CT molecular complexity index is 417. The fourth-order valence-electron chi connectivity index (χ4n) is 1.81. The highest BCUT2D eigenvalue weighted by Gasteiger charge is 2.31. The maximum atomic E-state index is 13.5. The summed E-state index contributed by atoms with van der Waals surface area (Å²) in [5.74, 6) is -2.38. The monoisotopic (exact) mass is 257 g/mol. The molecule has 0 spiro atoms. The van der Waals surface area contributed by atoms with Crippen molar-refractivity contribution in [2.75, 3.05) is 12.3 Å². The number of hydrogen-bond donors (Lipinski definition) is 1. The van der Waals surface area contributed by atoms with Crippen LogP contribution in [0.2, 0.25) is 0 Å². The minimum Gasteiger partial charge on any atom is -0.487 e. The first-order valence-electron chi connectivity index (χ1n) is 6.08. The lowest BCUT2D eigenvalue weighted by molar-refractivity contribution is -0.0567. The first-order valence-corrected chi connectivity index (χ1v) is 6.08. The van der Waals surface area contributed by atoms with E-state index in [9.17, 15) is 8.78 Å². The van der Waals surface area contributed by atoms with Gasteiger partial charge in [-0.3, -0.25) is 0 Å². The molecule has 0 unspecified atom stereocenters. The molecule has 0 aliphatic rings. The van der Waals surface area contributed by atoms with Crippen LogP contribution in [-0.4, -0.2) is 12.5 Å². The second-order valence-corrected chi connectivity index (χ2v) is 5.22. The van der Waals surface area contributed by atoms with Gasteiger partial charge < -0.3 is 10.5 Å². The molecule has 0 heterocycles. The molecule has 0 amide bonds. The largest absolute Gasteiger partial charge is 0.487 e. The molecule has 1 aromatic rings. The smallest absolute Gasteiger partial charge is 0.281 e. The zero-order chi connectivity index (χ0) is 13.9. The molecule has 2 nitrogen and oxygen atoms in total. The summed E-state index contributed by atoms with van der Waals surface area (Å²) >= 11 is 0. The topological polar surface area (TPSA) is 35.2 Å². The third-order valence-corrected chi connectivity index (χ3v) is 2.71. The number of hydrogen-bond acceptors (Lipinski definition) is 2. The van der Waals surface area contributed by atoms with Crippen LogP contribution < -0.4 is 10.5 Å². The molecular weight excluding hydrogens is 236 g/mol. The van der Waals surface area contributed by atoms with Gasteiger partial charge in [0.1, 0.15) is 5.75 Å². The molecule has 0 atom stereocenters. The molecule has 1 rings (SSSR count). The highest BCUT2D eigenvalue weighted by molar-refractivity contribution is 5.53. The van der Waals surface area contributed by atoms with Crippen molar-refractivity contribution in [3.8, 4) is 5.75 Å². The van der Waals surface area contributed by atoms with Crippen LogP contribution in [0.4, 0.5) is 14.5 Å². The second kappa shape index (κ2) is 5.55. The van der Waals surface area contributed by atoms with Crippen molar-refractivity contribution in [2.24, 2.45) is 5.92 Å². The van der Waals surface area contributed by atoms with Crippen molar-refractivity contribution >= 4 is 5.69 Å². The van der Waals surface area contributed by atoms with Crippen LogP contribution in [0.5, 0.6) is 5.75 Å². The number of rotatable bonds is 5. The van der Waals surface area contributed by atoms with Gasteiger partial charge in [0.15, 0.2) is 6.61 Å². The van der Waals surface area contributed by atoms with Crippen LogP contribution in [0.15, 0.2) is 12.1 Å². The lowest BCUT2D eigenvalue weighted by atomic mass is 10.1. The summed E-state index contributed by atoms with van der Waals surface area (Å²) in [4.78, 5) is 0. The predicted molar refractivity (Wildman–Crippen MR) is 70.2 cm³/mol. The minimum absolute atomic E-state index is 0.0575. The van der Waals surface area contributed by atoms with Gasteiger partial charge in [0.2, 0.25) is 0 Å². The zero-order valence-electron chi connectivity index (χ0n) is 11.4. The Morgan fingerprint density at radius 1 is 1.22 bits per heavy atom. The molecule has 4 heteroatoms. The summed E-state index contributed by atoms with van der Waals surface area (Å²) in [6.45, 7) is 6.58. The fourth-order valence-corrected chi connectivity index (χ4v) is 1.81. The van der Waals surface area contributed by atoms with E-state index in [4.69, 9.17) is 10.5 Å². The Morgan fingerprint density at radius 2 is 1.83 bits per heavy atom. The van der Waals surface area contributed by atoms with Crippen LogP contribution in [0.25, 0.3) is 0 Å². The van der Waals surface area contributed by atoms with Crippen LogP contribution >= 0.6 is 0 Å². The molecule has 0 radical (unpaired) electrons. The maximum Gasteiger partial charge on any atom is 0.281 e. The molecular formula is C14H21F2NO. The number of aryl methyl sites for hydroxylation is 2. The lowest BCUT2D eigenvalue weighted by Gasteiger charge is -2.20.